The Bertz CT molecular complexity index is 1980. The summed E-state index contributed by atoms with van der Waals surface area (Å²) in [6.45, 7) is 4.22. The predicted octanol–water partition coefficient (Wildman–Crippen LogP) is 12.1. The molecule has 0 heterocycles. The van der Waals surface area contributed by atoms with Crippen LogP contribution in [0.25, 0.3) is 11.1 Å². The standard InChI is InChI=1S/C44H42O4S2/c1-4-7-29-12-14-31(15-13-29)32-16-18-33(19-17-32)34-22-26-36(27-23-34)50-40-11-6-9-38-42(40)44(46)37-8-5-10-39(41(37)43(38)45)49-35-24-20-30(21-25-35)28(2)48-47-3/h5-6,8-11,16-29,31H,4,7,12-15H2,1-3H3. The first-order chi connectivity index (χ1) is 24.4. The second kappa shape index (κ2) is 15.5. The molecule has 1 fully saturated rings. The molecule has 0 N–H and O–H groups in total. The second-order valence-electron chi connectivity index (χ2n) is 13.3. The topological polar surface area (TPSA) is 52.6 Å². The molecule has 6 heteroatoms. The van der Waals surface area contributed by atoms with Crippen molar-refractivity contribution in [1.29, 1.82) is 0 Å². The molecule has 0 aliphatic heterocycles. The number of ketones is 2. The minimum Gasteiger partial charge on any atom is -0.289 e. The fraction of sp³-hybridized carbons (Fsp3) is 0.273. The van der Waals surface area contributed by atoms with Gasteiger partial charge in [0.25, 0.3) is 0 Å². The van der Waals surface area contributed by atoms with Gasteiger partial charge >= 0.3 is 0 Å². The highest BCUT2D eigenvalue weighted by Gasteiger charge is 2.34. The Morgan fingerprint density at radius 1 is 0.660 bits per heavy atom. The van der Waals surface area contributed by atoms with Crippen molar-refractivity contribution in [3.8, 4) is 11.1 Å². The molecule has 254 valence electrons. The van der Waals surface area contributed by atoms with Crippen molar-refractivity contribution in [2.45, 2.75) is 84.0 Å². The number of carbonyl (C=O) groups is 2. The number of rotatable bonds is 11. The van der Waals surface area contributed by atoms with Crippen LogP contribution in [0.5, 0.6) is 0 Å². The molecule has 1 saturated carbocycles. The van der Waals surface area contributed by atoms with Crippen molar-refractivity contribution in [3.63, 3.8) is 0 Å². The summed E-state index contributed by atoms with van der Waals surface area (Å²) < 4.78 is 0. The average molecular weight is 699 g/mol. The van der Waals surface area contributed by atoms with Crippen LogP contribution >= 0.6 is 23.5 Å². The van der Waals surface area contributed by atoms with Crippen molar-refractivity contribution in [1.82, 2.24) is 0 Å². The number of hydrogen-bond donors (Lipinski definition) is 0. The monoisotopic (exact) mass is 698 g/mol. The molecule has 1 atom stereocenters. The van der Waals surface area contributed by atoms with Gasteiger partial charge in [0.15, 0.2) is 11.6 Å². The van der Waals surface area contributed by atoms with Crippen LogP contribution in [0.15, 0.2) is 129 Å². The largest absolute Gasteiger partial charge is 0.289 e. The molecule has 2 aliphatic carbocycles. The van der Waals surface area contributed by atoms with Gasteiger partial charge in [0.1, 0.15) is 6.10 Å². The van der Waals surface area contributed by atoms with Gasteiger partial charge in [0.05, 0.1) is 7.11 Å². The van der Waals surface area contributed by atoms with Crippen LogP contribution in [-0.4, -0.2) is 18.7 Å². The molecule has 0 radical (unpaired) electrons. The predicted molar refractivity (Wildman–Crippen MR) is 202 cm³/mol. The molecule has 4 nitrogen and oxygen atoms in total. The minimum absolute atomic E-state index is 0.114. The summed E-state index contributed by atoms with van der Waals surface area (Å²) in [4.78, 5) is 41.7. The van der Waals surface area contributed by atoms with Gasteiger partial charge in [-0.3, -0.25) is 9.59 Å². The van der Waals surface area contributed by atoms with Gasteiger partial charge in [0, 0.05) is 41.8 Å². The zero-order valence-electron chi connectivity index (χ0n) is 28.8. The van der Waals surface area contributed by atoms with Crippen molar-refractivity contribution in [3.05, 3.63) is 143 Å². The van der Waals surface area contributed by atoms with E-state index in [0.717, 1.165) is 31.1 Å². The third-order valence-corrected chi connectivity index (χ3v) is 12.3. The lowest BCUT2D eigenvalue weighted by Crippen LogP contribution is -2.22. The molecule has 0 saturated heterocycles. The Labute approximate surface area is 303 Å². The van der Waals surface area contributed by atoms with E-state index >= 15 is 0 Å². The van der Waals surface area contributed by atoms with Gasteiger partial charge in [-0.05, 0) is 103 Å². The quantitative estimate of drug-likeness (QED) is 0.0992. The summed E-state index contributed by atoms with van der Waals surface area (Å²) in [5.74, 6) is 1.37. The van der Waals surface area contributed by atoms with E-state index in [4.69, 9.17) is 9.78 Å². The van der Waals surface area contributed by atoms with Crippen LogP contribution in [0.1, 0.15) is 107 Å². The van der Waals surface area contributed by atoms with Crippen molar-refractivity contribution >= 4 is 35.1 Å². The maximum atomic E-state index is 14.1. The lowest BCUT2D eigenvalue weighted by molar-refractivity contribution is -0.303. The lowest BCUT2D eigenvalue weighted by Gasteiger charge is -2.28. The molecule has 50 heavy (non-hydrogen) atoms. The first-order valence-electron chi connectivity index (χ1n) is 17.6. The highest BCUT2D eigenvalue weighted by Crippen LogP contribution is 2.42. The molecule has 0 amide bonds. The van der Waals surface area contributed by atoms with E-state index < -0.39 is 0 Å². The summed E-state index contributed by atoms with van der Waals surface area (Å²) >= 11 is 3.01. The fourth-order valence-electron chi connectivity index (χ4n) is 7.47. The van der Waals surface area contributed by atoms with Crippen LogP contribution in [0.3, 0.4) is 0 Å². The number of carbonyl (C=O) groups excluding carboxylic acids is 2. The third kappa shape index (κ3) is 7.26. The highest BCUT2D eigenvalue weighted by atomic mass is 32.2. The molecule has 2 aliphatic rings. The Morgan fingerprint density at radius 2 is 1.16 bits per heavy atom. The zero-order valence-corrected chi connectivity index (χ0v) is 30.4. The van der Waals surface area contributed by atoms with Crippen LogP contribution in [0, 0.1) is 5.92 Å². The molecule has 5 aromatic rings. The van der Waals surface area contributed by atoms with Gasteiger partial charge in [-0.1, -0.05) is 116 Å². The van der Waals surface area contributed by atoms with Crippen LogP contribution in [0.4, 0.5) is 0 Å². The number of hydrogen-bond acceptors (Lipinski definition) is 6. The first-order valence-corrected chi connectivity index (χ1v) is 19.3. The Hall–Kier alpha value is -3.94. The van der Waals surface area contributed by atoms with Crippen molar-refractivity contribution in [2.24, 2.45) is 5.92 Å². The molecule has 0 bridgehead atoms. The molecule has 5 aromatic carbocycles. The summed E-state index contributed by atoms with van der Waals surface area (Å²) in [5, 5.41) is 0. The van der Waals surface area contributed by atoms with E-state index in [0.29, 0.717) is 28.2 Å². The molecular weight excluding hydrogens is 657 g/mol. The maximum Gasteiger partial charge on any atom is 0.195 e. The van der Waals surface area contributed by atoms with Gasteiger partial charge < -0.3 is 0 Å². The summed E-state index contributed by atoms with van der Waals surface area (Å²) in [5.41, 5.74) is 6.68. The van der Waals surface area contributed by atoms with E-state index in [1.807, 2.05) is 55.5 Å². The Balaban J connectivity index is 1.06. The van der Waals surface area contributed by atoms with Gasteiger partial charge in [-0.2, -0.15) is 0 Å². The summed E-state index contributed by atoms with van der Waals surface area (Å²) in [6.07, 6.45) is 7.80. The summed E-state index contributed by atoms with van der Waals surface area (Å²) in [6, 6.07) is 36.7. The van der Waals surface area contributed by atoms with Crippen molar-refractivity contribution < 1.29 is 19.4 Å². The van der Waals surface area contributed by atoms with Crippen LogP contribution in [-0.2, 0) is 9.78 Å². The first kappa shape index (κ1) is 34.5. The minimum atomic E-state index is -0.203. The second-order valence-corrected chi connectivity index (χ2v) is 15.6. The zero-order chi connectivity index (χ0) is 34.6. The van der Waals surface area contributed by atoms with Gasteiger partial charge in [0.2, 0.25) is 0 Å². The average Bonchev–Trinajstić information content (AvgIpc) is 3.15. The molecular formula is C44H42O4S2. The molecule has 0 aromatic heterocycles. The smallest absolute Gasteiger partial charge is 0.195 e. The van der Waals surface area contributed by atoms with Crippen molar-refractivity contribution in [2.75, 3.05) is 7.11 Å². The SMILES string of the molecule is CCCC1CCC(c2ccc(-c3ccc(Sc4cccc5c4C(=O)c4cccc(Sc6ccc(C(C)OOC)cc6)c4C5=O)cc3)cc2)CC1. The van der Waals surface area contributed by atoms with E-state index in [2.05, 4.69) is 55.5 Å². The van der Waals surface area contributed by atoms with Crippen LogP contribution in [0.2, 0.25) is 0 Å². The number of fused-ring (bicyclic) bond motifs is 2. The normalized spacial score (nSPS) is 17.7. The summed E-state index contributed by atoms with van der Waals surface area (Å²) in [7, 11) is 1.49. The molecule has 0 spiro atoms. The third-order valence-electron chi connectivity index (χ3n) is 10.2. The number of benzene rings is 5. The van der Waals surface area contributed by atoms with E-state index in [-0.39, 0.29) is 17.7 Å². The van der Waals surface area contributed by atoms with E-state index in [1.54, 1.807) is 12.1 Å². The van der Waals surface area contributed by atoms with Gasteiger partial charge in [-0.25, -0.2) is 9.78 Å². The fourth-order valence-corrected chi connectivity index (χ4v) is 9.42. The van der Waals surface area contributed by atoms with Gasteiger partial charge in [-0.15, -0.1) is 0 Å². The lowest BCUT2D eigenvalue weighted by atomic mass is 9.77. The molecule has 7 rings (SSSR count). The molecule has 1 unspecified atom stereocenters. The Morgan fingerprint density at radius 3 is 1.66 bits per heavy atom. The highest BCUT2D eigenvalue weighted by molar-refractivity contribution is 7.99. The van der Waals surface area contributed by atoms with E-state index in [9.17, 15) is 9.59 Å². The van der Waals surface area contributed by atoms with E-state index in [1.165, 1.54) is 85.8 Å². The Kier molecular flexibility index (Phi) is 10.7. The maximum absolute atomic E-state index is 14.1. The van der Waals surface area contributed by atoms with Crippen LogP contribution < -0.4 is 0 Å².